The molecule has 1 heterocycles. The first-order chi connectivity index (χ1) is 12.1. The van der Waals surface area contributed by atoms with Crippen LogP contribution in [0.25, 0.3) is 0 Å². The van der Waals surface area contributed by atoms with Crippen LogP contribution in [-0.2, 0) is 30.6 Å². The Labute approximate surface area is 163 Å². The molecule has 0 spiro atoms. The van der Waals surface area contributed by atoms with E-state index in [1.807, 2.05) is 25.1 Å². The van der Waals surface area contributed by atoms with Gasteiger partial charge >= 0.3 is 0 Å². The third kappa shape index (κ3) is 5.28. The van der Waals surface area contributed by atoms with E-state index in [-0.39, 0.29) is 6.42 Å². The van der Waals surface area contributed by atoms with Gasteiger partial charge in [-0.25, -0.2) is 18.7 Å². The van der Waals surface area contributed by atoms with E-state index >= 15 is 0 Å². The number of hydroxylamine groups is 1. The summed E-state index contributed by atoms with van der Waals surface area (Å²) < 4.78 is 29.5. The van der Waals surface area contributed by atoms with E-state index in [0.29, 0.717) is 19.4 Å². The Hall–Kier alpha value is -0.960. The summed E-state index contributed by atoms with van der Waals surface area (Å²) in [5.41, 5.74) is 4.36. The summed E-state index contributed by atoms with van der Waals surface area (Å²) >= 11 is 3.41. The molecule has 146 valence electrons. The zero-order valence-corrected chi connectivity index (χ0v) is 17.8. The van der Waals surface area contributed by atoms with Crippen molar-refractivity contribution in [3.63, 3.8) is 0 Å². The van der Waals surface area contributed by atoms with Gasteiger partial charge in [-0.05, 0) is 62.8 Å². The Bertz CT molecular complexity index is 746. The van der Waals surface area contributed by atoms with Crippen molar-refractivity contribution < 1.29 is 22.8 Å². The van der Waals surface area contributed by atoms with Gasteiger partial charge in [0.05, 0.1) is 0 Å². The van der Waals surface area contributed by atoms with Crippen molar-refractivity contribution >= 4 is 31.7 Å². The highest BCUT2D eigenvalue weighted by atomic mass is 79.9. The van der Waals surface area contributed by atoms with Crippen LogP contribution < -0.4 is 5.48 Å². The number of carbonyl (C=O) groups excluding carboxylic acids is 1. The lowest BCUT2D eigenvalue weighted by atomic mass is 9.97. The molecular weight excluding hydrogens is 422 g/mol. The summed E-state index contributed by atoms with van der Waals surface area (Å²) in [5, 5.41) is 0. The normalized spacial score (nSPS) is 20.4. The minimum atomic E-state index is -3.65. The number of hydrogen-bond donors (Lipinski definition) is 1. The summed E-state index contributed by atoms with van der Waals surface area (Å²) in [5.74, 6) is -0.663. The Balaban J connectivity index is 2.07. The maximum absolute atomic E-state index is 12.6. The van der Waals surface area contributed by atoms with Gasteiger partial charge in [0.25, 0.3) is 5.91 Å². The molecule has 2 unspecified atom stereocenters. The molecule has 1 aliphatic heterocycles. The van der Waals surface area contributed by atoms with Crippen LogP contribution in [0.3, 0.4) is 0 Å². The minimum Gasteiger partial charge on any atom is -0.350 e. The second-order valence-corrected chi connectivity index (χ2v) is 10.3. The number of rotatable bonds is 7. The number of aryl methyl sites for hydroxylation is 2. The van der Waals surface area contributed by atoms with Crippen molar-refractivity contribution in [2.75, 3.05) is 12.9 Å². The average Bonchev–Trinajstić information content (AvgIpc) is 2.58. The Morgan fingerprint density at radius 2 is 2.15 bits per heavy atom. The van der Waals surface area contributed by atoms with E-state index in [9.17, 15) is 13.2 Å². The molecule has 6 nitrogen and oxygen atoms in total. The molecule has 2 rings (SSSR count). The number of ether oxygens (including phenoxy) is 1. The Morgan fingerprint density at radius 3 is 2.73 bits per heavy atom. The molecule has 1 aliphatic rings. The van der Waals surface area contributed by atoms with E-state index < -0.39 is 26.8 Å². The van der Waals surface area contributed by atoms with Crippen LogP contribution in [0.2, 0.25) is 0 Å². The first-order valence-electron chi connectivity index (χ1n) is 8.66. The molecular formula is C18H26BrNO5S. The lowest BCUT2D eigenvalue weighted by molar-refractivity contribution is -0.201. The van der Waals surface area contributed by atoms with Gasteiger partial charge in [-0.3, -0.25) is 4.79 Å². The highest BCUT2D eigenvalue weighted by molar-refractivity contribution is 9.10. The molecule has 1 fully saturated rings. The number of sulfone groups is 1. The van der Waals surface area contributed by atoms with Crippen LogP contribution in [-0.4, -0.2) is 38.2 Å². The van der Waals surface area contributed by atoms with Gasteiger partial charge in [0.2, 0.25) is 0 Å². The third-order valence-electron chi connectivity index (χ3n) is 4.90. The number of halogens is 1. The quantitative estimate of drug-likeness (QED) is 0.649. The van der Waals surface area contributed by atoms with Crippen molar-refractivity contribution in [2.24, 2.45) is 0 Å². The van der Waals surface area contributed by atoms with Crippen LogP contribution in [0.1, 0.15) is 43.7 Å². The van der Waals surface area contributed by atoms with Crippen LogP contribution >= 0.6 is 15.9 Å². The standard InChI is InChI=1S/C18H26BrNO5S/c1-13-12-15(19)8-7-14(13)9-10-18(2,26(3,22)23)17(21)20-25-16-6-4-5-11-24-16/h7-8,12,16H,4-6,9-11H2,1-3H3,(H,20,21). The van der Waals surface area contributed by atoms with Crippen LogP contribution in [0, 0.1) is 6.92 Å². The SMILES string of the molecule is Cc1cc(Br)ccc1CCC(C)(C(=O)NOC1CCCCO1)S(C)(=O)=O. The van der Waals surface area contributed by atoms with Crippen LogP contribution in [0.5, 0.6) is 0 Å². The third-order valence-corrected chi connectivity index (χ3v) is 7.42. The number of hydrogen-bond acceptors (Lipinski definition) is 5. The molecule has 0 saturated carbocycles. The van der Waals surface area contributed by atoms with Gasteiger partial charge < -0.3 is 4.74 Å². The summed E-state index contributed by atoms with van der Waals surface area (Å²) in [6.07, 6.45) is 3.77. The average molecular weight is 448 g/mol. The summed E-state index contributed by atoms with van der Waals surface area (Å²) in [4.78, 5) is 17.9. The first-order valence-corrected chi connectivity index (χ1v) is 11.3. The summed E-state index contributed by atoms with van der Waals surface area (Å²) in [6, 6.07) is 5.81. The zero-order valence-electron chi connectivity index (χ0n) is 15.4. The molecule has 0 aliphatic carbocycles. The molecule has 1 aromatic carbocycles. The fourth-order valence-electron chi connectivity index (χ4n) is 2.81. The van der Waals surface area contributed by atoms with Gasteiger partial charge in [0, 0.05) is 23.8 Å². The predicted octanol–water partition coefficient (Wildman–Crippen LogP) is 3.07. The van der Waals surface area contributed by atoms with E-state index in [1.54, 1.807) is 0 Å². The number of amides is 1. The van der Waals surface area contributed by atoms with E-state index in [0.717, 1.165) is 34.7 Å². The lowest BCUT2D eigenvalue weighted by Crippen LogP contribution is -2.51. The fraction of sp³-hybridized carbons (Fsp3) is 0.611. The van der Waals surface area contributed by atoms with E-state index in [1.165, 1.54) is 6.92 Å². The Kier molecular flexibility index (Phi) is 7.24. The van der Waals surface area contributed by atoms with Crippen molar-refractivity contribution in [1.82, 2.24) is 5.48 Å². The smallest absolute Gasteiger partial charge is 0.264 e. The molecule has 1 N–H and O–H groups in total. The van der Waals surface area contributed by atoms with Gasteiger partial charge in [0.1, 0.15) is 4.75 Å². The minimum absolute atomic E-state index is 0.162. The first kappa shape index (κ1) is 21.3. The van der Waals surface area contributed by atoms with Gasteiger partial charge in [-0.15, -0.1) is 0 Å². The predicted molar refractivity (Wildman–Crippen MR) is 103 cm³/mol. The lowest BCUT2D eigenvalue weighted by Gasteiger charge is -2.28. The molecule has 2 atom stereocenters. The monoisotopic (exact) mass is 447 g/mol. The van der Waals surface area contributed by atoms with Crippen LogP contribution in [0.15, 0.2) is 22.7 Å². The maximum atomic E-state index is 12.6. The van der Waals surface area contributed by atoms with Gasteiger partial charge in [0.15, 0.2) is 16.1 Å². The molecule has 8 heteroatoms. The molecule has 1 saturated heterocycles. The largest absolute Gasteiger partial charge is 0.350 e. The number of carbonyl (C=O) groups is 1. The molecule has 0 bridgehead atoms. The summed E-state index contributed by atoms with van der Waals surface area (Å²) in [6.45, 7) is 3.98. The van der Waals surface area contributed by atoms with Crippen molar-refractivity contribution in [1.29, 1.82) is 0 Å². The van der Waals surface area contributed by atoms with E-state index in [4.69, 9.17) is 9.57 Å². The molecule has 0 aromatic heterocycles. The van der Waals surface area contributed by atoms with E-state index in [2.05, 4.69) is 21.4 Å². The molecule has 0 radical (unpaired) electrons. The zero-order chi connectivity index (χ0) is 19.4. The van der Waals surface area contributed by atoms with Gasteiger partial charge in [-0.1, -0.05) is 22.0 Å². The van der Waals surface area contributed by atoms with Crippen molar-refractivity contribution in [3.05, 3.63) is 33.8 Å². The molecule has 1 aromatic rings. The number of nitrogens with one attached hydrogen (secondary N) is 1. The second-order valence-electron chi connectivity index (χ2n) is 6.92. The van der Waals surface area contributed by atoms with Crippen molar-refractivity contribution in [2.45, 2.75) is 57.0 Å². The van der Waals surface area contributed by atoms with Gasteiger partial charge in [-0.2, -0.15) is 0 Å². The number of benzene rings is 1. The fourth-order valence-corrected chi connectivity index (χ4v) is 4.14. The Morgan fingerprint density at radius 1 is 1.42 bits per heavy atom. The second kappa shape index (κ2) is 8.82. The maximum Gasteiger partial charge on any atom is 0.264 e. The topological polar surface area (TPSA) is 81.7 Å². The summed E-state index contributed by atoms with van der Waals surface area (Å²) in [7, 11) is -3.65. The molecule has 1 amide bonds. The van der Waals surface area contributed by atoms with Crippen molar-refractivity contribution in [3.8, 4) is 0 Å². The van der Waals surface area contributed by atoms with Crippen LogP contribution in [0.4, 0.5) is 0 Å². The highest BCUT2D eigenvalue weighted by Crippen LogP contribution is 2.26. The molecule has 26 heavy (non-hydrogen) atoms. The highest BCUT2D eigenvalue weighted by Gasteiger charge is 2.43.